The van der Waals surface area contributed by atoms with E-state index in [0.717, 1.165) is 11.1 Å². The molecule has 0 fully saturated rings. The summed E-state index contributed by atoms with van der Waals surface area (Å²) < 4.78 is 2.58. The number of thiophene rings is 2. The van der Waals surface area contributed by atoms with Gasteiger partial charge in [-0.15, -0.1) is 11.3 Å². The molecule has 0 radical (unpaired) electrons. The van der Waals surface area contributed by atoms with Gasteiger partial charge in [0.05, 0.1) is 0 Å². The molecular formula is C52H38S2. The lowest BCUT2D eigenvalue weighted by Crippen LogP contribution is -1.98. The molecule has 2 aromatic heterocycles. The highest BCUT2D eigenvalue weighted by Crippen LogP contribution is 2.49. The van der Waals surface area contributed by atoms with Gasteiger partial charge < -0.3 is 0 Å². The van der Waals surface area contributed by atoms with Crippen molar-refractivity contribution in [2.75, 3.05) is 0 Å². The van der Waals surface area contributed by atoms with Crippen molar-refractivity contribution in [2.45, 2.75) is 13.8 Å². The van der Waals surface area contributed by atoms with Crippen LogP contribution in [0.15, 0.2) is 170 Å². The van der Waals surface area contributed by atoms with E-state index < -0.39 is 0 Å². The van der Waals surface area contributed by atoms with Crippen molar-refractivity contribution in [3.63, 3.8) is 0 Å². The van der Waals surface area contributed by atoms with E-state index in [1.54, 1.807) is 11.3 Å². The van der Waals surface area contributed by atoms with E-state index in [1.807, 2.05) is 29.6 Å². The summed E-state index contributed by atoms with van der Waals surface area (Å²) in [5.74, 6) is 0. The van der Waals surface area contributed by atoms with E-state index in [2.05, 4.69) is 177 Å². The van der Waals surface area contributed by atoms with Crippen LogP contribution in [0.5, 0.6) is 0 Å². The molecule has 0 bridgehead atoms. The normalized spacial score (nSPS) is 12.4. The zero-order valence-electron chi connectivity index (χ0n) is 30.4. The average molecular weight is 727 g/mol. The number of allylic oxidation sites excluding steroid dienone is 6. The standard InChI is InChI=1S/C52H38S2/c1-5-9-18-33(7-3)48-36(8-4)37(17-6-2)51(43-24-15-14-23-42(43)48)45-26-16-25-44-46-31-34(27-28-47(46)54-52(44)45)49-38-19-10-12-21-40(38)50(35-29-30-53-32-35)41-22-13-11-20-39(41)49/h5-32H,1,4H2,2-3H3/b17-6-,18-9-,33-7+. The van der Waals surface area contributed by atoms with Crippen molar-refractivity contribution in [1.82, 2.24) is 0 Å². The number of hydrogen-bond donors (Lipinski definition) is 0. The first-order valence-corrected chi connectivity index (χ1v) is 20.1. The van der Waals surface area contributed by atoms with Gasteiger partial charge in [0, 0.05) is 25.7 Å². The van der Waals surface area contributed by atoms with Crippen LogP contribution in [0.3, 0.4) is 0 Å². The summed E-state index contributed by atoms with van der Waals surface area (Å²) in [4.78, 5) is 0. The Morgan fingerprint density at radius 2 is 1.22 bits per heavy atom. The van der Waals surface area contributed by atoms with Crippen LogP contribution in [0.1, 0.15) is 30.5 Å². The molecule has 0 nitrogen and oxygen atoms in total. The van der Waals surface area contributed by atoms with Crippen LogP contribution in [0.2, 0.25) is 0 Å². The van der Waals surface area contributed by atoms with Gasteiger partial charge in [-0.1, -0.05) is 153 Å². The summed E-state index contributed by atoms with van der Waals surface area (Å²) in [6, 6.07) is 42.9. The number of hydrogen-bond acceptors (Lipinski definition) is 2. The third-order valence-corrected chi connectivity index (χ3v) is 12.5. The molecular weight excluding hydrogens is 689 g/mol. The third kappa shape index (κ3) is 5.33. The van der Waals surface area contributed by atoms with Crippen molar-refractivity contribution in [1.29, 1.82) is 0 Å². The highest BCUT2D eigenvalue weighted by molar-refractivity contribution is 7.26. The summed E-state index contributed by atoms with van der Waals surface area (Å²) in [6.45, 7) is 12.5. The fraction of sp³-hybridized carbons (Fsp3) is 0.0385. The van der Waals surface area contributed by atoms with Crippen molar-refractivity contribution < 1.29 is 0 Å². The summed E-state index contributed by atoms with van der Waals surface area (Å²) >= 11 is 3.64. The van der Waals surface area contributed by atoms with Gasteiger partial charge in [0.25, 0.3) is 0 Å². The Morgan fingerprint density at radius 1 is 0.593 bits per heavy atom. The lowest BCUT2D eigenvalue weighted by Gasteiger charge is -2.21. The Bertz CT molecular complexity index is 2980. The van der Waals surface area contributed by atoms with Crippen LogP contribution in [0.4, 0.5) is 0 Å². The van der Waals surface area contributed by atoms with Crippen LogP contribution in [-0.2, 0) is 0 Å². The smallest absolute Gasteiger partial charge is 0.0434 e. The van der Waals surface area contributed by atoms with Gasteiger partial charge in [0.2, 0.25) is 0 Å². The van der Waals surface area contributed by atoms with E-state index in [1.165, 1.54) is 97.0 Å². The predicted molar refractivity (Wildman–Crippen MR) is 244 cm³/mol. The van der Waals surface area contributed by atoms with Gasteiger partial charge >= 0.3 is 0 Å². The highest BCUT2D eigenvalue weighted by atomic mass is 32.1. The van der Waals surface area contributed by atoms with Crippen LogP contribution < -0.4 is 0 Å². The maximum Gasteiger partial charge on any atom is 0.0434 e. The van der Waals surface area contributed by atoms with Crippen LogP contribution in [-0.4, -0.2) is 0 Å². The molecule has 54 heavy (non-hydrogen) atoms. The Kier molecular flexibility index (Phi) is 8.79. The zero-order chi connectivity index (χ0) is 36.8. The molecule has 0 saturated carbocycles. The monoisotopic (exact) mass is 726 g/mol. The van der Waals surface area contributed by atoms with Crippen molar-refractivity contribution >= 4 is 92.9 Å². The summed E-state index contributed by atoms with van der Waals surface area (Å²) in [5.41, 5.74) is 12.2. The van der Waals surface area contributed by atoms with E-state index in [0.29, 0.717) is 0 Å². The largest absolute Gasteiger partial charge is 0.152 e. The van der Waals surface area contributed by atoms with E-state index in [9.17, 15) is 0 Å². The maximum atomic E-state index is 4.37. The minimum Gasteiger partial charge on any atom is -0.152 e. The zero-order valence-corrected chi connectivity index (χ0v) is 32.0. The number of fused-ring (bicyclic) bond motifs is 6. The summed E-state index contributed by atoms with van der Waals surface area (Å²) in [7, 11) is 0. The van der Waals surface area contributed by atoms with Gasteiger partial charge in [-0.25, -0.2) is 0 Å². The predicted octanol–water partition coefficient (Wildman–Crippen LogP) is 16.4. The molecule has 0 saturated heterocycles. The van der Waals surface area contributed by atoms with Gasteiger partial charge in [0.1, 0.15) is 0 Å². The molecule has 0 aliphatic carbocycles. The molecule has 9 rings (SSSR count). The minimum atomic E-state index is 1.13. The van der Waals surface area contributed by atoms with E-state index >= 15 is 0 Å². The van der Waals surface area contributed by atoms with Crippen LogP contribution in [0, 0.1) is 0 Å². The Labute approximate surface area is 324 Å². The van der Waals surface area contributed by atoms with Crippen LogP contribution >= 0.6 is 22.7 Å². The summed E-state index contributed by atoms with van der Waals surface area (Å²) in [6.07, 6.45) is 14.6. The Balaban J connectivity index is 1.33. The number of benzene rings is 7. The van der Waals surface area contributed by atoms with Gasteiger partial charge in [-0.2, -0.15) is 11.3 Å². The molecule has 0 unspecified atom stereocenters. The molecule has 9 aromatic rings. The van der Waals surface area contributed by atoms with Crippen LogP contribution in [0.25, 0.3) is 104 Å². The molecule has 0 spiro atoms. The lowest BCUT2D eigenvalue weighted by atomic mass is 9.82. The molecule has 0 N–H and O–H groups in total. The first-order chi connectivity index (χ1) is 26.7. The van der Waals surface area contributed by atoms with E-state index in [4.69, 9.17) is 0 Å². The molecule has 0 aliphatic rings. The van der Waals surface area contributed by atoms with Crippen molar-refractivity contribution in [3.8, 4) is 33.4 Å². The first-order valence-electron chi connectivity index (χ1n) is 18.4. The third-order valence-electron chi connectivity index (χ3n) is 10.6. The van der Waals surface area contributed by atoms with Gasteiger partial charge in [0.15, 0.2) is 0 Å². The van der Waals surface area contributed by atoms with Crippen molar-refractivity contribution in [2.24, 2.45) is 0 Å². The quantitative estimate of drug-likeness (QED) is 0.108. The van der Waals surface area contributed by atoms with E-state index in [-0.39, 0.29) is 0 Å². The van der Waals surface area contributed by atoms with Gasteiger partial charge in [-0.05, 0) is 125 Å². The molecule has 0 aliphatic heterocycles. The second-order valence-corrected chi connectivity index (χ2v) is 15.3. The second-order valence-electron chi connectivity index (χ2n) is 13.5. The fourth-order valence-corrected chi connectivity index (χ4v) is 10.3. The summed E-state index contributed by atoms with van der Waals surface area (Å²) in [5, 5.41) is 14.6. The maximum absolute atomic E-state index is 4.37. The molecule has 2 heterocycles. The SMILES string of the molecule is C=C/C=C\C(=C/C)c1c(C=C)c(/C=C\C)c(-c2cccc3c2sc2ccc(-c4c5ccccc5c(-c5ccsc5)c5ccccc45)cc23)c2ccccc12. The lowest BCUT2D eigenvalue weighted by molar-refractivity contribution is 1.57. The Hall–Kier alpha value is -6.06. The minimum absolute atomic E-state index is 1.13. The molecule has 0 amide bonds. The second kappa shape index (κ2) is 14.1. The number of rotatable bonds is 8. The molecule has 258 valence electrons. The van der Waals surface area contributed by atoms with Gasteiger partial charge in [-0.3, -0.25) is 0 Å². The fourth-order valence-electron chi connectivity index (χ4n) is 8.44. The van der Waals surface area contributed by atoms with Crippen molar-refractivity contribution in [3.05, 3.63) is 186 Å². The average Bonchev–Trinajstić information content (AvgIpc) is 3.89. The first kappa shape index (κ1) is 33.8. The highest BCUT2D eigenvalue weighted by Gasteiger charge is 2.22. The molecule has 0 atom stereocenters. The molecule has 2 heteroatoms. The topological polar surface area (TPSA) is 0 Å². The molecule has 7 aromatic carbocycles. The Morgan fingerprint density at radius 3 is 1.81 bits per heavy atom.